The van der Waals surface area contributed by atoms with Gasteiger partial charge in [0.05, 0.1) is 6.61 Å². The van der Waals surface area contributed by atoms with Crippen LogP contribution in [-0.2, 0) is 9.53 Å². The summed E-state index contributed by atoms with van der Waals surface area (Å²) >= 11 is 0. The summed E-state index contributed by atoms with van der Waals surface area (Å²) in [5, 5.41) is 37.3. The van der Waals surface area contributed by atoms with Gasteiger partial charge in [0.1, 0.15) is 24.9 Å². The first-order valence-corrected chi connectivity index (χ1v) is 9.51. The quantitative estimate of drug-likeness (QED) is 0.256. The minimum absolute atomic E-state index is 0.288. The molecule has 0 aromatic rings. The van der Waals surface area contributed by atoms with Crippen LogP contribution in [0.1, 0.15) is 32.1 Å². The average Bonchev–Trinajstić information content (AvgIpc) is 3.00. The molecule has 0 bridgehead atoms. The van der Waals surface area contributed by atoms with Gasteiger partial charge < -0.3 is 25.2 Å². The summed E-state index contributed by atoms with van der Waals surface area (Å²) in [5.41, 5.74) is 0. The molecule has 1 heterocycles. The van der Waals surface area contributed by atoms with Gasteiger partial charge in [-0.3, -0.25) is 4.79 Å². The number of aliphatic hydroxyl groups excluding tert-OH is 4. The van der Waals surface area contributed by atoms with Gasteiger partial charge in [-0.05, 0) is 19.3 Å². The topological polar surface area (TPSA) is 107 Å². The Labute approximate surface area is 132 Å². The van der Waals surface area contributed by atoms with E-state index in [9.17, 15) is 15.0 Å². The van der Waals surface area contributed by atoms with Crippen molar-refractivity contribution in [2.24, 2.45) is 0 Å². The van der Waals surface area contributed by atoms with Crippen LogP contribution in [0, 0.1) is 0 Å². The lowest BCUT2D eigenvalue weighted by Crippen LogP contribution is -2.42. The maximum absolute atomic E-state index is 11.5. The van der Waals surface area contributed by atoms with Gasteiger partial charge in [0, 0.05) is 17.4 Å². The predicted octanol–water partition coefficient (Wildman–Crippen LogP) is 0.319. The van der Waals surface area contributed by atoms with Crippen molar-refractivity contribution in [3.63, 3.8) is 0 Å². The maximum atomic E-state index is 11.5. The normalized spacial score (nSPS) is 22.8. The van der Waals surface area contributed by atoms with Crippen LogP contribution in [0.3, 0.4) is 0 Å². The number of carbonyl (C=O) groups is 1. The highest BCUT2D eigenvalue weighted by Gasteiger charge is 2.25. The number of hydrogen-bond acceptors (Lipinski definition) is 8. The van der Waals surface area contributed by atoms with E-state index in [0.717, 1.165) is 19.3 Å². The highest BCUT2D eigenvalue weighted by molar-refractivity contribution is 8.77. The fourth-order valence-electron chi connectivity index (χ4n) is 1.92. The number of unbranched alkanes of at least 4 members (excludes halogenated alkanes) is 1. The SMILES string of the molecule is O=C(CCCC[C@@H]1CCSS1)OC[C@H](O)[C@H](O)[C@H](O)CO. The van der Waals surface area contributed by atoms with E-state index in [4.69, 9.17) is 14.9 Å². The number of carbonyl (C=O) groups excluding carboxylic acids is 1. The first-order chi connectivity index (χ1) is 10.0. The van der Waals surface area contributed by atoms with Crippen molar-refractivity contribution >= 4 is 27.6 Å². The van der Waals surface area contributed by atoms with E-state index in [1.807, 2.05) is 21.6 Å². The molecule has 0 aromatic heterocycles. The first-order valence-electron chi connectivity index (χ1n) is 7.13. The standard InChI is InChI=1S/C13H24O6S2/c14-7-10(15)13(18)11(16)8-19-12(17)4-2-1-3-9-5-6-20-21-9/h9-11,13-16,18H,1-8H2/t9-,10-,11+,13-/m1/s1. The molecule has 1 aliphatic heterocycles. The molecule has 0 unspecified atom stereocenters. The highest BCUT2D eigenvalue weighted by atomic mass is 33.1. The fraction of sp³-hybridized carbons (Fsp3) is 0.923. The predicted molar refractivity (Wildman–Crippen MR) is 83.0 cm³/mol. The molecule has 0 aromatic carbocycles. The second-order valence-corrected chi connectivity index (χ2v) is 7.85. The van der Waals surface area contributed by atoms with E-state index in [1.165, 1.54) is 12.2 Å². The second-order valence-electron chi connectivity index (χ2n) is 5.07. The summed E-state index contributed by atoms with van der Waals surface area (Å²) in [4.78, 5) is 11.5. The minimum Gasteiger partial charge on any atom is -0.463 e. The molecule has 0 radical (unpaired) electrons. The van der Waals surface area contributed by atoms with Gasteiger partial charge in [0.2, 0.25) is 0 Å². The van der Waals surface area contributed by atoms with Crippen LogP contribution in [0.15, 0.2) is 0 Å². The largest absolute Gasteiger partial charge is 0.463 e. The van der Waals surface area contributed by atoms with Crippen LogP contribution >= 0.6 is 21.6 Å². The van der Waals surface area contributed by atoms with Gasteiger partial charge in [0.15, 0.2) is 0 Å². The zero-order valence-electron chi connectivity index (χ0n) is 11.9. The molecule has 0 saturated carbocycles. The van der Waals surface area contributed by atoms with E-state index in [-0.39, 0.29) is 13.0 Å². The number of aliphatic hydroxyl groups is 4. The Morgan fingerprint density at radius 3 is 2.62 bits per heavy atom. The van der Waals surface area contributed by atoms with Crippen molar-refractivity contribution in [3.8, 4) is 0 Å². The number of esters is 1. The first kappa shape index (κ1) is 19.1. The zero-order chi connectivity index (χ0) is 15.7. The summed E-state index contributed by atoms with van der Waals surface area (Å²) in [6.07, 6.45) is -0.0227. The molecule has 1 rings (SSSR count). The molecule has 4 atom stereocenters. The van der Waals surface area contributed by atoms with E-state index in [0.29, 0.717) is 5.25 Å². The third kappa shape index (κ3) is 7.71. The molecular weight excluding hydrogens is 316 g/mol. The molecule has 8 heteroatoms. The van der Waals surface area contributed by atoms with E-state index >= 15 is 0 Å². The molecule has 4 N–H and O–H groups in total. The number of rotatable bonds is 10. The van der Waals surface area contributed by atoms with Crippen molar-refractivity contribution in [1.82, 2.24) is 0 Å². The Balaban J connectivity index is 2.04. The molecule has 0 spiro atoms. The van der Waals surface area contributed by atoms with Crippen molar-refractivity contribution in [2.75, 3.05) is 19.0 Å². The lowest BCUT2D eigenvalue weighted by atomic mass is 10.1. The molecule has 124 valence electrons. The lowest BCUT2D eigenvalue weighted by Gasteiger charge is -2.21. The molecule has 21 heavy (non-hydrogen) atoms. The summed E-state index contributed by atoms with van der Waals surface area (Å²) in [7, 11) is 3.82. The maximum Gasteiger partial charge on any atom is 0.305 e. The van der Waals surface area contributed by atoms with Crippen LogP contribution in [0.2, 0.25) is 0 Å². The van der Waals surface area contributed by atoms with Gasteiger partial charge in [0.25, 0.3) is 0 Å². The van der Waals surface area contributed by atoms with Gasteiger partial charge >= 0.3 is 5.97 Å². The molecule has 1 aliphatic rings. The van der Waals surface area contributed by atoms with Gasteiger partial charge in [-0.15, -0.1) is 0 Å². The third-order valence-electron chi connectivity index (χ3n) is 3.27. The van der Waals surface area contributed by atoms with Crippen molar-refractivity contribution < 1.29 is 30.0 Å². The van der Waals surface area contributed by atoms with Crippen LogP contribution < -0.4 is 0 Å². The van der Waals surface area contributed by atoms with Gasteiger partial charge in [-0.2, -0.15) is 0 Å². The van der Waals surface area contributed by atoms with Crippen LogP contribution in [0.4, 0.5) is 0 Å². The Kier molecular flexibility index (Phi) is 9.70. The highest BCUT2D eigenvalue weighted by Crippen LogP contribution is 2.39. The minimum atomic E-state index is -1.53. The number of ether oxygens (including phenoxy) is 1. The lowest BCUT2D eigenvalue weighted by molar-refractivity contribution is -0.152. The van der Waals surface area contributed by atoms with E-state index < -0.39 is 30.9 Å². The summed E-state index contributed by atoms with van der Waals surface area (Å²) in [6, 6.07) is 0. The fourth-order valence-corrected chi connectivity index (χ4v) is 4.95. The number of hydrogen-bond donors (Lipinski definition) is 4. The summed E-state index contributed by atoms with van der Waals surface area (Å²) < 4.78 is 4.84. The molecule has 1 fully saturated rings. The van der Waals surface area contributed by atoms with Gasteiger partial charge in [-0.1, -0.05) is 28.0 Å². The molecule has 0 aliphatic carbocycles. The Bertz CT molecular complexity index is 298. The Morgan fingerprint density at radius 1 is 1.24 bits per heavy atom. The second kappa shape index (κ2) is 10.7. The average molecular weight is 340 g/mol. The smallest absolute Gasteiger partial charge is 0.305 e. The summed E-state index contributed by atoms with van der Waals surface area (Å²) in [6.45, 7) is -1.05. The monoisotopic (exact) mass is 340 g/mol. The Morgan fingerprint density at radius 2 is 2.00 bits per heavy atom. The molecule has 0 amide bonds. The van der Waals surface area contributed by atoms with Crippen molar-refractivity contribution in [3.05, 3.63) is 0 Å². The van der Waals surface area contributed by atoms with Gasteiger partial charge in [-0.25, -0.2) is 0 Å². The van der Waals surface area contributed by atoms with Crippen LogP contribution in [0.25, 0.3) is 0 Å². The van der Waals surface area contributed by atoms with Crippen molar-refractivity contribution in [1.29, 1.82) is 0 Å². The Hall–Kier alpha value is 0.01000. The van der Waals surface area contributed by atoms with Crippen molar-refractivity contribution in [2.45, 2.75) is 55.7 Å². The molecule has 1 saturated heterocycles. The third-order valence-corrected chi connectivity index (χ3v) is 6.28. The van der Waals surface area contributed by atoms with E-state index in [1.54, 1.807) is 0 Å². The van der Waals surface area contributed by atoms with Crippen LogP contribution in [-0.4, -0.2) is 68.9 Å². The zero-order valence-corrected chi connectivity index (χ0v) is 13.5. The molecular formula is C13H24O6S2. The van der Waals surface area contributed by atoms with Crippen LogP contribution in [0.5, 0.6) is 0 Å². The van der Waals surface area contributed by atoms with E-state index in [2.05, 4.69) is 0 Å². The summed E-state index contributed by atoms with van der Waals surface area (Å²) in [5.74, 6) is 0.783. The molecule has 6 nitrogen and oxygen atoms in total.